The SMILES string of the molecule is COc1ccc(C#N)c(SC(C(=O)O)C(C)C)c1. The number of carboxylic acids is 1. The van der Waals surface area contributed by atoms with Crippen molar-refractivity contribution in [3.05, 3.63) is 23.8 Å². The number of ether oxygens (including phenoxy) is 1. The van der Waals surface area contributed by atoms with Crippen molar-refractivity contribution in [2.24, 2.45) is 5.92 Å². The molecule has 0 aliphatic heterocycles. The summed E-state index contributed by atoms with van der Waals surface area (Å²) in [5.41, 5.74) is 0.465. The molecular formula is C13H15NO3S. The largest absolute Gasteiger partial charge is 0.497 e. The molecule has 1 rings (SSSR count). The highest BCUT2D eigenvalue weighted by Crippen LogP contribution is 2.33. The number of nitriles is 1. The Hall–Kier alpha value is -1.67. The van der Waals surface area contributed by atoms with Crippen molar-refractivity contribution in [3.63, 3.8) is 0 Å². The van der Waals surface area contributed by atoms with Crippen LogP contribution < -0.4 is 4.74 Å². The third kappa shape index (κ3) is 3.41. The molecule has 1 aromatic rings. The van der Waals surface area contributed by atoms with Crippen LogP contribution in [0.5, 0.6) is 5.75 Å². The van der Waals surface area contributed by atoms with Crippen molar-refractivity contribution in [1.29, 1.82) is 5.26 Å². The molecule has 18 heavy (non-hydrogen) atoms. The van der Waals surface area contributed by atoms with E-state index < -0.39 is 11.2 Å². The number of aliphatic carboxylic acids is 1. The van der Waals surface area contributed by atoms with Crippen molar-refractivity contribution < 1.29 is 14.6 Å². The topological polar surface area (TPSA) is 70.3 Å². The molecular weight excluding hydrogens is 250 g/mol. The molecule has 1 unspecified atom stereocenters. The number of carboxylic acid groups (broad SMARTS) is 1. The van der Waals surface area contributed by atoms with Gasteiger partial charge in [0.1, 0.15) is 17.1 Å². The molecule has 1 aromatic carbocycles. The first-order valence-corrected chi connectivity index (χ1v) is 6.35. The molecule has 0 radical (unpaired) electrons. The molecule has 0 amide bonds. The molecule has 0 spiro atoms. The zero-order chi connectivity index (χ0) is 13.7. The minimum Gasteiger partial charge on any atom is -0.497 e. The molecule has 0 aromatic heterocycles. The van der Waals surface area contributed by atoms with Gasteiger partial charge >= 0.3 is 5.97 Å². The lowest BCUT2D eigenvalue weighted by Gasteiger charge is -2.16. The summed E-state index contributed by atoms with van der Waals surface area (Å²) >= 11 is 1.18. The molecule has 0 bridgehead atoms. The minimum atomic E-state index is -0.873. The van der Waals surface area contributed by atoms with Crippen LogP contribution in [-0.2, 0) is 4.79 Å². The molecule has 0 fully saturated rings. The molecule has 0 aliphatic rings. The highest BCUT2D eigenvalue weighted by atomic mass is 32.2. The fraction of sp³-hybridized carbons (Fsp3) is 0.385. The van der Waals surface area contributed by atoms with Crippen molar-refractivity contribution in [3.8, 4) is 11.8 Å². The van der Waals surface area contributed by atoms with Crippen LogP contribution >= 0.6 is 11.8 Å². The lowest BCUT2D eigenvalue weighted by atomic mass is 10.1. The van der Waals surface area contributed by atoms with Gasteiger partial charge in [-0.05, 0) is 24.1 Å². The van der Waals surface area contributed by atoms with E-state index in [1.807, 2.05) is 13.8 Å². The van der Waals surface area contributed by atoms with Gasteiger partial charge in [-0.25, -0.2) is 0 Å². The second kappa shape index (κ2) is 6.31. The maximum Gasteiger partial charge on any atom is 0.317 e. The lowest BCUT2D eigenvalue weighted by molar-refractivity contribution is -0.137. The number of carbonyl (C=O) groups is 1. The van der Waals surface area contributed by atoms with Crippen LogP contribution in [0.25, 0.3) is 0 Å². The van der Waals surface area contributed by atoms with E-state index in [9.17, 15) is 4.79 Å². The van der Waals surface area contributed by atoms with E-state index in [0.717, 1.165) is 0 Å². The lowest BCUT2D eigenvalue weighted by Crippen LogP contribution is -2.22. The van der Waals surface area contributed by atoms with E-state index in [-0.39, 0.29) is 5.92 Å². The van der Waals surface area contributed by atoms with Crippen molar-refractivity contribution in [2.75, 3.05) is 7.11 Å². The standard InChI is InChI=1S/C13H15NO3S/c1-8(2)12(13(15)16)18-11-6-10(17-3)5-4-9(11)7-14/h4-6,8,12H,1-3H3,(H,15,16). The third-order valence-electron chi connectivity index (χ3n) is 2.41. The van der Waals surface area contributed by atoms with Gasteiger partial charge in [0.05, 0.1) is 12.7 Å². The zero-order valence-electron chi connectivity index (χ0n) is 10.5. The van der Waals surface area contributed by atoms with E-state index in [0.29, 0.717) is 16.2 Å². The molecule has 1 N–H and O–H groups in total. The van der Waals surface area contributed by atoms with Gasteiger partial charge in [-0.3, -0.25) is 4.79 Å². The van der Waals surface area contributed by atoms with Gasteiger partial charge in [0.2, 0.25) is 0 Å². The summed E-state index contributed by atoms with van der Waals surface area (Å²) in [6.45, 7) is 3.69. The normalized spacial score (nSPS) is 11.9. The van der Waals surface area contributed by atoms with Crippen molar-refractivity contribution in [1.82, 2.24) is 0 Å². The van der Waals surface area contributed by atoms with Gasteiger partial charge in [-0.15, -0.1) is 11.8 Å². The van der Waals surface area contributed by atoms with E-state index >= 15 is 0 Å². The van der Waals surface area contributed by atoms with Crippen molar-refractivity contribution >= 4 is 17.7 Å². The number of methoxy groups -OCH3 is 1. The van der Waals surface area contributed by atoms with Crippen LogP contribution in [0.15, 0.2) is 23.1 Å². The van der Waals surface area contributed by atoms with Gasteiger partial charge in [0, 0.05) is 4.90 Å². The molecule has 5 heteroatoms. The number of hydrogen-bond donors (Lipinski definition) is 1. The molecule has 0 saturated heterocycles. The molecule has 1 atom stereocenters. The summed E-state index contributed by atoms with van der Waals surface area (Å²) < 4.78 is 5.09. The minimum absolute atomic E-state index is 0.0229. The Morgan fingerprint density at radius 1 is 1.50 bits per heavy atom. The van der Waals surface area contributed by atoms with E-state index in [2.05, 4.69) is 6.07 Å². The Morgan fingerprint density at radius 2 is 2.17 bits per heavy atom. The summed E-state index contributed by atoms with van der Waals surface area (Å²) in [5.74, 6) is -0.281. The number of hydrogen-bond acceptors (Lipinski definition) is 4. The number of nitrogens with zero attached hydrogens (tertiary/aromatic N) is 1. The Morgan fingerprint density at radius 3 is 2.61 bits per heavy atom. The Bertz CT molecular complexity index is 480. The van der Waals surface area contributed by atoms with Crippen LogP contribution in [0.4, 0.5) is 0 Å². The second-order valence-electron chi connectivity index (χ2n) is 4.09. The van der Waals surface area contributed by atoms with Gasteiger partial charge in [0.15, 0.2) is 0 Å². The predicted molar refractivity (Wildman–Crippen MR) is 69.8 cm³/mol. The van der Waals surface area contributed by atoms with Gasteiger partial charge in [-0.2, -0.15) is 5.26 Å². The zero-order valence-corrected chi connectivity index (χ0v) is 11.3. The van der Waals surface area contributed by atoms with E-state index in [4.69, 9.17) is 15.1 Å². The quantitative estimate of drug-likeness (QED) is 0.829. The van der Waals surface area contributed by atoms with E-state index in [1.54, 1.807) is 18.2 Å². The van der Waals surface area contributed by atoms with E-state index in [1.165, 1.54) is 18.9 Å². The van der Waals surface area contributed by atoms with Gasteiger partial charge in [0.25, 0.3) is 0 Å². The summed E-state index contributed by atoms with van der Waals surface area (Å²) in [6, 6.07) is 7.08. The number of benzene rings is 1. The summed E-state index contributed by atoms with van der Waals surface area (Å²) in [5, 5.41) is 17.6. The van der Waals surface area contributed by atoms with Gasteiger partial charge in [-0.1, -0.05) is 13.8 Å². The smallest absolute Gasteiger partial charge is 0.317 e. The molecule has 0 saturated carbocycles. The molecule has 0 heterocycles. The monoisotopic (exact) mass is 265 g/mol. The molecule has 0 aliphatic carbocycles. The first-order chi connectivity index (χ1) is 8.49. The molecule has 96 valence electrons. The van der Waals surface area contributed by atoms with Crippen LogP contribution in [-0.4, -0.2) is 23.4 Å². The first-order valence-electron chi connectivity index (χ1n) is 5.47. The van der Waals surface area contributed by atoms with Gasteiger partial charge < -0.3 is 9.84 Å². The number of thioether (sulfide) groups is 1. The first kappa shape index (κ1) is 14.4. The highest BCUT2D eigenvalue weighted by Gasteiger charge is 2.24. The Balaban J connectivity index is 3.08. The van der Waals surface area contributed by atoms with Crippen LogP contribution in [0.2, 0.25) is 0 Å². The summed E-state index contributed by atoms with van der Waals surface area (Å²) in [4.78, 5) is 11.8. The Labute approximate surface area is 111 Å². The van der Waals surface area contributed by atoms with Crippen LogP contribution in [0.1, 0.15) is 19.4 Å². The Kier molecular flexibility index (Phi) is 5.05. The fourth-order valence-corrected chi connectivity index (χ4v) is 2.50. The summed E-state index contributed by atoms with van der Waals surface area (Å²) in [6.07, 6.45) is 0. The average Bonchev–Trinajstić information content (AvgIpc) is 2.34. The van der Waals surface area contributed by atoms with Crippen LogP contribution in [0.3, 0.4) is 0 Å². The average molecular weight is 265 g/mol. The predicted octanol–water partition coefficient (Wildman–Crippen LogP) is 2.77. The highest BCUT2D eigenvalue weighted by molar-refractivity contribution is 8.00. The third-order valence-corrected chi connectivity index (χ3v) is 4.00. The number of rotatable bonds is 5. The molecule has 4 nitrogen and oxygen atoms in total. The maximum absolute atomic E-state index is 11.2. The maximum atomic E-state index is 11.2. The summed E-state index contributed by atoms with van der Waals surface area (Å²) in [7, 11) is 1.53. The van der Waals surface area contributed by atoms with Crippen LogP contribution in [0, 0.1) is 17.2 Å². The van der Waals surface area contributed by atoms with Crippen molar-refractivity contribution in [2.45, 2.75) is 24.0 Å². The fourth-order valence-electron chi connectivity index (χ4n) is 1.43. The second-order valence-corrected chi connectivity index (χ2v) is 5.28.